The molecule has 0 spiro atoms. The van der Waals surface area contributed by atoms with Crippen molar-refractivity contribution in [1.82, 2.24) is 5.32 Å². The summed E-state index contributed by atoms with van der Waals surface area (Å²) in [5.41, 5.74) is 0.147. The highest BCUT2D eigenvalue weighted by Gasteiger charge is 2.14. The molecule has 100 valence electrons. The highest BCUT2D eigenvalue weighted by molar-refractivity contribution is 5.39. The summed E-state index contributed by atoms with van der Waals surface area (Å²) < 4.78 is 18.3. The van der Waals surface area contributed by atoms with E-state index in [1.54, 1.807) is 0 Å². The first-order chi connectivity index (χ1) is 8.65. The molecule has 5 nitrogen and oxygen atoms in total. The SMILES string of the molecule is CCCNCCOCc1cc(F)ccc1[N+](=O)[O-]. The lowest BCUT2D eigenvalue weighted by Crippen LogP contribution is -2.20. The Morgan fingerprint density at radius 3 is 2.89 bits per heavy atom. The summed E-state index contributed by atoms with van der Waals surface area (Å²) in [5, 5.41) is 13.9. The first-order valence-corrected chi connectivity index (χ1v) is 5.86. The molecule has 0 fully saturated rings. The molecule has 1 rings (SSSR count). The zero-order valence-electron chi connectivity index (χ0n) is 10.3. The first-order valence-electron chi connectivity index (χ1n) is 5.86. The van der Waals surface area contributed by atoms with E-state index < -0.39 is 10.7 Å². The molecule has 0 amide bonds. The number of ether oxygens (including phenoxy) is 1. The van der Waals surface area contributed by atoms with Crippen LogP contribution in [0, 0.1) is 15.9 Å². The molecule has 0 bridgehead atoms. The molecule has 18 heavy (non-hydrogen) atoms. The fourth-order valence-electron chi connectivity index (χ4n) is 1.48. The summed E-state index contributed by atoms with van der Waals surface area (Å²) in [6, 6.07) is 3.37. The summed E-state index contributed by atoms with van der Waals surface area (Å²) in [5.74, 6) is -0.497. The fourth-order valence-corrected chi connectivity index (χ4v) is 1.48. The van der Waals surface area contributed by atoms with Gasteiger partial charge in [-0.15, -0.1) is 0 Å². The van der Waals surface area contributed by atoms with E-state index in [2.05, 4.69) is 12.2 Å². The van der Waals surface area contributed by atoms with Crippen LogP contribution in [0.2, 0.25) is 0 Å². The minimum Gasteiger partial charge on any atom is -0.375 e. The fraction of sp³-hybridized carbons (Fsp3) is 0.500. The maximum Gasteiger partial charge on any atom is 0.275 e. The van der Waals surface area contributed by atoms with Gasteiger partial charge in [0.05, 0.1) is 23.7 Å². The number of nitro groups is 1. The zero-order valence-corrected chi connectivity index (χ0v) is 10.3. The predicted molar refractivity (Wildman–Crippen MR) is 65.9 cm³/mol. The normalized spacial score (nSPS) is 10.6. The highest BCUT2D eigenvalue weighted by Crippen LogP contribution is 2.20. The second kappa shape index (κ2) is 7.73. The van der Waals surface area contributed by atoms with Gasteiger partial charge in [-0.1, -0.05) is 6.92 Å². The van der Waals surface area contributed by atoms with Crippen molar-refractivity contribution in [3.8, 4) is 0 Å². The molecule has 1 aromatic carbocycles. The van der Waals surface area contributed by atoms with Crippen LogP contribution in [-0.4, -0.2) is 24.6 Å². The first kappa shape index (κ1) is 14.5. The number of rotatable bonds is 8. The van der Waals surface area contributed by atoms with Gasteiger partial charge in [-0.3, -0.25) is 10.1 Å². The summed E-state index contributed by atoms with van der Waals surface area (Å²) >= 11 is 0. The van der Waals surface area contributed by atoms with Crippen molar-refractivity contribution in [2.75, 3.05) is 19.7 Å². The van der Waals surface area contributed by atoms with Crippen LogP contribution in [0.15, 0.2) is 18.2 Å². The molecule has 0 aromatic heterocycles. The van der Waals surface area contributed by atoms with Crippen LogP contribution < -0.4 is 5.32 Å². The third-order valence-corrected chi connectivity index (χ3v) is 2.35. The Kier molecular flexibility index (Phi) is 6.24. The molecule has 1 aromatic rings. The van der Waals surface area contributed by atoms with E-state index in [1.807, 2.05) is 0 Å². The van der Waals surface area contributed by atoms with Crippen molar-refractivity contribution in [1.29, 1.82) is 0 Å². The quantitative estimate of drug-likeness (QED) is 0.440. The number of halogens is 1. The van der Waals surface area contributed by atoms with Crippen LogP contribution >= 0.6 is 0 Å². The Morgan fingerprint density at radius 2 is 2.22 bits per heavy atom. The van der Waals surface area contributed by atoms with Gasteiger partial charge >= 0.3 is 0 Å². The molecule has 6 heteroatoms. The van der Waals surface area contributed by atoms with Gasteiger partial charge < -0.3 is 10.1 Å². The molecule has 0 aliphatic rings. The van der Waals surface area contributed by atoms with Gasteiger partial charge in [0.1, 0.15) is 5.82 Å². The summed E-state index contributed by atoms with van der Waals surface area (Å²) in [4.78, 5) is 10.2. The predicted octanol–water partition coefficient (Wildman–Crippen LogP) is 2.25. The molecular formula is C12H17FN2O3. The van der Waals surface area contributed by atoms with E-state index in [1.165, 1.54) is 0 Å². The van der Waals surface area contributed by atoms with E-state index >= 15 is 0 Å². The molecule has 0 heterocycles. The minimum absolute atomic E-state index is 0.0435. The van der Waals surface area contributed by atoms with Gasteiger partial charge in [0.15, 0.2) is 0 Å². The van der Waals surface area contributed by atoms with Gasteiger partial charge in [-0.25, -0.2) is 4.39 Å². The van der Waals surface area contributed by atoms with Crippen molar-refractivity contribution in [3.05, 3.63) is 39.7 Å². The number of nitrogens with zero attached hydrogens (tertiary/aromatic N) is 1. The van der Waals surface area contributed by atoms with Gasteiger partial charge in [0, 0.05) is 12.6 Å². The molecule has 0 saturated carbocycles. The molecule has 0 radical (unpaired) electrons. The molecule has 1 N–H and O–H groups in total. The Morgan fingerprint density at radius 1 is 1.44 bits per heavy atom. The van der Waals surface area contributed by atoms with Crippen molar-refractivity contribution >= 4 is 5.69 Å². The second-order valence-corrected chi connectivity index (χ2v) is 3.83. The van der Waals surface area contributed by atoms with Crippen molar-refractivity contribution < 1.29 is 14.1 Å². The molecule has 0 saturated heterocycles. The Hall–Kier alpha value is -1.53. The maximum atomic E-state index is 13.0. The van der Waals surface area contributed by atoms with Crippen LogP contribution in [0.1, 0.15) is 18.9 Å². The summed E-state index contributed by atoms with van der Waals surface area (Å²) in [6.07, 6.45) is 1.04. The number of nitro benzene ring substituents is 1. The lowest BCUT2D eigenvalue weighted by atomic mass is 10.2. The number of hydrogen-bond donors (Lipinski definition) is 1. The Bertz CT molecular complexity index is 399. The molecule has 0 aliphatic heterocycles. The number of hydrogen-bond acceptors (Lipinski definition) is 4. The summed E-state index contributed by atoms with van der Waals surface area (Å²) in [7, 11) is 0. The largest absolute Gasteiger partial charge is 0.375 e. The van der Waals surface area contributed by atoms with Gasteiger partial charge in [0.25, 0.3) is 5.69 Å². The van der Waals surface area contributed by atoms with Gasteiger partial charge in [-0.05, 0) is 25.1 Å². The van der Waals surface area contributed by atoms with E-state index in [0.717, 1.165) is 31.2 Å². The topological polar surface area (TPSA) is 64.4 Å². The second-order valence-electron chi connectivity index (χ2n) is 3.83. The van der Waals surface area contributed by atoms with Crippen LogP contribution in [0.5, 0.6) is 0 Å². The van der Waals surface area contributed by atoms with Crippen molar-refractivity contribution in [3.63, 3.8) is 0 Å². The number of nitrogens with one attached hydrogen (secondary N) is 1. The van der Waals surface area contributed by atoms with E-state index in [-0.39, 0.29) is 17.9 Å². The molecule has 0 aliphatic carbocycles. The lowest BCUT2D eigenvalue weighted by molar-refractivity contribution is -0.386. The molecular weight excluding hydrogens is 239 g/mol. The standard InChI is InChI=1S/C12H17FN2O3/c1-2-5-14-6-7-18-9-10-8-11(13)3-4-12(10)15(16)17/h3-4,8,14H,2,5-7,9H2,1H3. The Labute approximate surface area is 105 Å². The average Bonchev–Trinajstić information content (AvgIpc) is 2.33. The van der Waals surface area contributed by atoms with E-state index in [4.69, 9.17) is 4.74 Å². The summed E-state index contributed by atoms with van der Waals surface area (Å²) in [6.45, 7) is 4.12. The average molecular weight is 256 g/mol. The van der Waals surface area contributed by atoms with Crippen LogP contribution in [-0.2, 0) is 11.3 Å². The maximum absolute atomic E-state index is 13.0. The third kappa shape index (κ3) is 4.77. The van der Waals surface area contributed by atoms with Gasteiger partial charge in [0.2, 0.25) is 0 Å². The zero-order chi connectivity index (χ0) is 13.4. The smallest absolute Gasteiger partial charge is 0.275 e. The minimum atomic E-state index is -0.534. The Balaban J connectivity index is 2.45. The molecule has 0 atom stereocenters. The van der Waals surface area contributed by atoms with Crippen LogP contribution in [0.25, 0.3) is 0 Å². The van der Waals surface area contributed by atoms with E-state index in [0.29, 0.717) is 13.2 Å². The monoisotopic (exact) mass is 256 g/mol. The van der Waals surface area contributed by atoms with Gasteiger partial charge in [-0.2, -0.15) is 0 Å². The van der Waals surface area contributed by atoms with E-state index in [9.17, 15) is 14.5 Å². The third-order valence-electron chi connectivity index (χ3n) is 2.35. The van der Waals surface area contributed by atoms with Crippen molar-refractivity contribution in [2.24, 2.45) is 0 Å². The van der Waals surface area contributed by atoms with Crippen molar-refractivity contribution in [2.45, 2.75) is 20.0 Å². The van der Waals surface area contributed by atoms with Crippen LogP contribution in [0.3, 0.4) is 0 Å². The highest BCUT2D eigenvalue weighted by atomic mass is 19.1. The van der Waals surface area contributed by atoms with Crippen LogP contribution in [0.4, 0.5) is 10.1 Å². The number of benzene rings is 1. The molecule has 0 unspecified atom stereocenters. The lowest BCUT2D eigenvalue weighted by Gasteiger charge is -2.06.